The Morgan fingerprint density at radius 3 is 2.59 bits per heavy atom. The fourth-order valence-electron chi connectivity index (χ4n) is 3.51. The molecule has 0 unspecified atom stereocenters. The van der Waals surface area contributed by atoms with Crippen molar-refractivity contribution in [2.24, 2.45) is 0 Å². The summed E-state index contributed by atoms with van der Waals surface area (Å²) >= 11 is 0. The molecule has 0 aromatic carbocycles. The van der Waals surface area contributed by atoms with Crippen molar-refractivity contribution in [2.75, 3.05) is 26.2 Å². The molecule has 1 aliphatic rings. The van der Waals surface area contributed by atoms with E-state index in [0.29, 0.717) is 25.4 Å². The van der Waals surface area contributed by atoms with Crippen molar-refractivity contribution in [1.82, 2.24) is 30.0 Å². The van der Waals surface area contributed by atoms with Crippen molar-refractivity contribution in [1.29, 1.82) is 0 Å². The number of furan rings is 2. The maximum Gasteiger partial charge on any atom is 0.289 e. The summed E-state index contributed by atoms with van der Waals surface area (Å²) < 4.78 is 12.4. The number of piperazine rings is 1. The molecule has 4 rings (SSSR count). The van der Waals surface area contributed by atoms with Crippen LogP contribution in [0.3, 0.4) is 0 Å². The molecule has 142 valence electrons. The van der Waals surface area contributed by atoms with Gasteiger partial charge in [-0.2, -0.15) is 0 Å². The van der Waals surface area contributed by atoms with Gasteiger partial charge in [-0.05, 0) is 41.1 Å². The maximum absolute atomic E-state index is 12.4. The van der Waals surface area contributed by atoms with E-state index in [0.717, 1.165) is 31.1 Å². The highest BCUT2D eigenvalue weighted by molar-refractivity contribution is 5.91. The number of carbonyl (C=O) groups is 1. The minimum atomic E-state index is -0.0599. The van der Waals surface area contributed by atoms with Gasteiger partial charge in [-0.15, -0.1) is 5.10 Å². The molecule has 1 fully saturated rings. The van der Waals surface area contributed by atoms with E-state index in [1.165, 1.54) is 6.26 Å². The van der Waals surface area contributed by atoms with Crippen LogP contribution in [0.1, 0.15) is 41.5 Å². The number of carbonyl (C=O) groups excluding carboxylic acids is 1. The number of amides is 1. The van der Waals surface area contributed by atoms with Gasteiger partial charge in [-0.3, -0.25) is 9.69 Å². The van der Waals surface area contributed by atoms with E-state index in [4.69, 9.17) is 8.83 Å². The Morgan fingerprint density at radius 1 is 1.15 bits per heavy atom. The van der Waals surface area contributed by atoms with Crippen molar-refractivity contribution in [2.45, 2.75) is 25.9 Å². The number of hydrogen-bond donors (Lipinski definition) is 0. The summed E-state index contributed by atoms with van der Waals surface area (Å²) in [4.78, 5) is 16.6. The van der Waals surface area contributed by atoms with Gasteiger partial charge in [0.1, 0.15) is 12.3 Å². The standard InChI is InChI=1S/C18H22N6O3/c1-2-15(17-19-20-21-24(17)13-14-5-3-11-26-14)22-7-9-23(10-8-22)18(25)16-6-4-12-27-16/h3-6,11-12,15H,2,7-10,13H2,1H3/t15-/m1/s1. The molecule has 1 atom stereocenters. The smallest absolute Gasteiger partial charge is 0.289 e. The fraction of sp³-hybridized carbons (Fsp3) is 0.444. The zero-order chi connectivity index (χ0) is 18.6. The van der Waals surface area contributed by atoms with Crippen molar-refractivity contribution in [3.8, 4) is 0 Å². The third-order valence-electron chi connectivity index (χ3n) is 4.90. The third kappa shape index (κ3) is 3.63. The van der Waals surface area contributed by atoms with Gasteiger partial charge in [0.25, 0.3) is 5.91 Å². The second kappa shape index (κ2) is 7.75. The first kappa shape index (κ1) is 17.5. The Labute approximate surface area is 156 Å². The number of nitrogens with zero attached hydrogens (tertiary/aromatic N) is 6. The molecule has 0 aliphatic carbocycles. The van der Waals surface area contributed by atoms with E-state index >= 15 is 0 Å². The van der Waals surface area contributed by atoms with Crippen LogP contribution in [0, 0.1) is 0 Å². The van der Waals surface area contributed by atoms with E-state index in [1.54, 1.807) is 23.1 Å². The SMILES string of the molecule is CC[C@H](c1nnnn1Cc1ccco1)N1CCN(C(=O)c2ccco2)CC1. The molecular weight excluding hydrogens is 348 g/mol. The molecule has 4 heterocycles. The third-order valence-corrected chi connectivity index (χ3v) is 4.90. The summed E-state index contributed by atoms with van der Waals surface area (Å²) in [5, 5.41) is 12.2. The monoisotopic (exact) mass is 370 g/mol. The summed E-state index contributed by atoms with van der Waals surface area (Å²) in [6.45, 7) is 5.45. The first-order valence-corrected chi connectivity index (χ1v) is 9.11. The molecule has 0 bridgehead atoms. The zero-order valence-corrected chi connectivity index (χ0v) is 15.2. The van der Waals surface area contributed by atoms with Crippen molar-refractivity contribution in [3.63, 3.8) is 0 Å². The lowest BCUT2D eigenvalue weighted by molar-refractivity contribution is 0.0521. The Kier molecular flexibility index (Phi) is 5.01. The van der Waals surface area contributed by atoms with Crippen molar-refractivity contribution >= 4 is 5.91 Å². The molecule has 27 heavy (non-hydrogen) atoms. The Hall–Kier alpha value is -2.94. The minimum absolute atomic E-state index is 0.0599. The first-order chi connectivity index (χ1) is 13.3. The molecule has 3 aromatic heterocycles. The summed E-state index contributed by atoms with van der Waals surface area (Å²) in [6, 6.07) is 7.29. The van der Waals surface area contributed by atoms with Gasteiger partial charge in [0.15, 0.2) is 11.6 Å². The van der Waals surface area contributed by atoms with Gasteiger partial charge < -0.3 is 13.7 Å². The second-order valence-corrected chi connectivity index (χ2v) is 6.50. The van der Waals surface area contributed by atoms with Crippen LogP contribution in [0.25, 0.3) is 0 Å². The van der Waals surface area contributed by atoms with Crippen LogP contribution >= 0.6 is 0 Å². The Morgan fingerprint density at radius 2 is 1.93 bits per heavy atom. The highest BCUT2D eigenvalue weighted by Gasteiger charge is 2.30. The van der Waals surface area contributed by atoms with Crippen LogP contribution in [0.2, 0.25) is 0 Å². The lowest BCUT2D eigenvalue weighted by Crippen LogP contribution is -2.50. The van der Waals surface area contributed by atoms with Crippen LogP contribution in [-0.2, 0) is 6.54 Å². The predicted octanol–water partition coefficient (Wildman–Crippen LogP) is 1.82. The molecule has 0 spiro atoms. The van der Waals surface area contributed by atoms with Gasteiger partial charge >= 0.3 is 0 Å². The molecule has 1 saturated heterocycles. The molecular formula is C18H22N6O3. The molecule has 0 radical (unpaired) electrons. The highest BCUT2D eigenvalue weighted by atomic mass is 16.3. The summed E-state index contributed by atoms with van der Waals surface area (Å²) in [5.41, 5.74) is 0. The summed E-state index contributed by atoms with van der Waals surface area (Å²) in [7, 11) is 0. The molecule has 0 N–H and O–H groups in total. The van der Waals surface area contributed by atoms with E-state index in [1.807, 2.05) is 17.0 Å². The average Bonchev–Trinajstić information content (AvgIpc) is 3.46. The average molecular weight is 370 g/mol. The molecule has 1 amide bonds. The van der Waals surface area contributed by atoms with Crippen molar-refractivity contribution < 1.29 is 13.6 Å². The largest absolute Gasteiger partial charge is 0.467 e. The molecule has 1 aliphatic heterocycles. The topological polar surface area (TPSA) is 93.4 Å². The van der Waals surface area contributed by atoms with Crippen LogP contribution < -0.4 is 0 Å². The minimum Gasteiger partial charge on any atom is -0.467 e. The number of rotatable bonds is 6. The van der Waals surface area contributed by atoms with E-state index in [9.17, 15) is 4.79 Å². The first-order valence-electron chi connectivity index (χ1n) is 9.11. The van der Waals surface area contributed by atoms with E-state index < -0.39 is 0 Å². The number of aromatic nitrogens is 4. The van der Waals surface area contributed by atoms with Gasteiger partial charge in [0.05, 0.1) is 18.6 Å². The van der Waals surface area contributed by atoms with Gasteiger partial charge in [0, 0.05) is 26.2 Å². The lowest BCUT2D eigenvalue weighted by atomic mass is 10.1. The summed E-state index contributed by atoms with van der Waals surface area (Å²) in [5.74, 6) is 1.96. The predicted molar refractivity (Wildman–Crippen MR) is 94.8 cm³/mol. The molecule has 9 heteroatoms. The van der Waals surface area contributed by atoms with Gasteiger partial charge in [-0.25, -0.2) is 4.68 Å². The zero-order valence-electron chi connectivity index (χ0n) is 15.2. The molecule has 3 aromatic rings. The summed E-state index contributed by atoms with van der Waals surface area (Å²) in [6.07, 6.45) is 4.05. The molecule has 9 nitrogen and oxygen atoms in total. The highest BCUT2D eigenvalue weighted by Crippen LogP contribution is 2.24. The van der Waals surface area contributed by atoms with Crippen LogP contribution in [0.4, 0.5) is 0 Å². The number of tetrazole rings is 1. The van der Waals surface area contributed by atoms with E-state index in [2.05, 4.69) is 27.3 Å². The second-order valence-electron chi connectivity index (χ2n) is 6.50. The van der Waals surface area contributed by atoms with Crippen molar-refractivity contribution in [3.05, 3.63) is 54.1 Å². The Balaban J connectivity index is 1.42. The van der Waals surface area contributed by atoms with Crippen LogP contribution in [0.15, 0.2) is 45.6 Å². The van der Waals surface area contributed by atoms with Gasteiger partial charge in [0.2, 0.25) is 0 Å². The normalized spacial score (nSPS) is 16.6. The Bertz CT molecular complexity index is 850. The fourth-order valence-corrected chi connectivity index (χ4v) is 3.51. The lowest BCUT2D eigenvalue weighted by Gasteiger charge is -2.38. The van der Waals surface area contributed by atoms with Crippen LogP contribution in [-0.4, -0.2) is 62.1 Å². The molecule has 0 saturated carbocycles. The number of hydrogen-bond acceptors (Lipinski definition) is 7. The quantitative estimate of drug-likeness (QED) is 0.653. The maximum atomic E-state index is 12.4. The van der Waals surface area contributed by atoms with E-state index in [-0.39, 0.29) is 11.9 Å². The van der Waals surface area contributed by atoms with Crippen LogP contribution in [0.5, 0.6) is 0 Å². The van der Waals surface area contributed by atoms with Gasteiger partial charge in [-0.1, -0.05) is 6.92 Å².